The minimum atomic E-state index is 0.495. The first-order chi connectivity index (χ1) is 8.63. The number of rotatable bonds is 1. The number of aromatic nitrogens is 3. The Kier molecular flexibility index (Phi) is 3.01. The quantitative estimate of drug-likeness (QED) is 0.696. The van der Waals surface area contributed by atoms with Gasteiger partial charge in [-0.15, -0.1) is 0 Å². The average molecular weight is 343 g/mol. The molecule has 3 nitrogen and oxygen atoms in total. The smallest absolute Gasteiger partial charge is 0.140 e. The molecule has 0 spiro atoms. The normalized spacial score (nSPS) is 11.1. The molecule has 0 fully saturated rings. The van der Waals surface area contributed by atoms with Crippen molar-refractivity contribution in [1.82, 2.24) is 15.0 Å². The number of benzene rings is 1. The van der Waals surface area contributed by atoms with Crippen LogP contribution in [0.2, 0.25) is 10.0 Å². The van der Waals surface area contributed by atoms with Gasteiger partial charge in [-0.05, 0) is 34.1 Å². The van der Waals surface area contributed by atoms with Crippen LogP contribution in [-0.2, 0) is 0 Å². The topological polar surface area (TPSA) is 41.6 Å². The van der Waals surface area contributed by atoms with Gasteiger partial charge in [0.2, 0.25) is 0 Å². The highest BCUT2D eigenvalue weighted by molar-refractivity contribution is 9.10. The zero-order valence-electron chi connectivity index (χ0n) is 8.92. The molecule has 0 aliphatic rings. The lowest BCUT2D eigenvalue weighted by Crippen LogP contribution is -1.82. The first-order valence-corrected chi connectivity index (χ1v) is 6.64. The summed E-state index contributed by atoms with van der Waals surface area (Å²) in [6.07, 6.45) is 3.46. The van der Waals surface area contributed by atoms with Crippen LogP contribution >= 0.6 is 39.1 Å². The fourth-order valence-corrected chi connectivity index (χ4v) is 2.37. The Hall–Kier alpha value is -1.10. The van der Waals surface area contributed by atoms with Crippen molar-refractivity contribution in [2.24, 2.45) is 0 Å². The third kappa shape index (κ3) is 2.11. The van der Waals surface area contributed by atoms with E-state index in [2.05, 4.69) is 30.9 Å². The molecule has 0 radical (unpaired) electrons. The minimum Gasteiger partial charge on any atom is -0.338 e. The first kappa shape index (κ1) is 12.0. The molecule has 0 aliphatic heterocycles. The molecule has 2 aromatic heterocycles. The van der Waals surface area contributed by atoms with E-state index in [1.165, 1.54) is 0 Å². The maximum absolute atomic E-state index is 5.97. The van der Waals surface area contributed by atoms with Crippen molar-refractivity contribution in [3.05, 3.63) is 45.1 Å². The highest BCUT2D eigenvalue weighted by atomic mass is 79.9. The summed E-state index contributed by atoms with van der Waals surface area (Å²) in [6.45, 7) is 0. The van der Waals surface area contributed by atoms with Crippen molar-refractivity contribution in [3.63, 3.8) is 0 Å². The van der Waals surface area contributed by atoms with E-state index >= 15 is 0 Å². The maximum atomic E-state index is 5.97. The van der Waals surface area contributed by atoms with E-state index in [9.17, 15) is 0 Å². The molecule has 0 aliphatic carbocycles. The van der Waals surface area contributed by atoms with E-state index in [0.29, 0.717) is 10.0 Å². The van der Waals surface area contributed by atoms with E-state index in [1.54, 1.807) is 24.5 Å². The molecule has 1 aromatic carbocycles. The standard InChI is InChI=1S/C12H6BrCl2N3/c13-7-1-6(4-16-5-7)12-17-10-2-8(14)9(15)3-11(10)18-12/h1-5H,(H,17,18). The molecule has 2 heterocycles. The number of hydrogen-bond donors (Lipinski definition) is 1. The number of nitrogens with zero attached hydrogens (tertiary/aromatic N) is 2. The van der Waals surface area contributed by atoms with Gasteiger partial charge < -0.3 is 4.98 Å². The molecule has 0 saturated carbocycles. The zero-order chi connectivity index (χ0) is 12.7. The number of pyridine rings is 1. The highest BCUT2D eigenvalue weighted by Gasteiger charge is 2.08. The Labute approximate surface area is 121 Å². The molecule has 90 valence electrons. The Morgan fingerprint density at radius 1 is 1.06 bits per heavy atom. The van der Waals surface area contributed by atoms with Gasteiger partial charge in [-0.25, -0.2) is 4.98 Å². The van der Waals surface area contributed by atoms with E-state index in [0.717, 1.165) is 26.9 Å². The number of H-pyrrole nitrogens is 1. The second-order valence-corrected chi connectivity index (χ2v) is 5.49. The third-order valence-corrected chi connectivity index (χ3v) is 3.66. The van der Waals surface area contributed by atoms with Crippen LogP contribution in [0.25, 0.3) is 22.4 Å². The summed E-state index contributed by atoms with van der Waals surface area (Å²) in [5.41, 5.74) is 2.52. The molecule has 18 heavy (non-hydrogen) atoms. The van der Waals surface area contributed by atoms with Crippen LogP contribution in [0.1, 0.15) is 0 Å². The molecule has 3 rings (SSSR count). The molecule has 0 saturated heterocycles. The molecular formula is C12H6BrCl2N3. The lowest BCUT2D eigenvalue weighted by atomic mass is 10.3. The Balaban J connectivity index is 2.19. The molecule has 0 bridgehead atoms. The number of nitrogens with one attached hydrogen (secondary N) is 1. The van der Waals surface area contributed by atoms with Crippen LogP contribution < -0.4 is 0 Å². The van der Waals surface area contributed by atoms with Gasteiger partial charge in [0.15, 0.2) is 0 Å². The van der Waals surface area contributed by atoms with Crippen molar-refractivity contribution in [3.8, 4) is 11.4 Å². The van der Waals surface area contributed by atoms with Gasteiger partial charge in [-0.3, -0.25) is 4.98 Å². The van der Waals surface area contributed by atoms with Crippen molar-refractivity contribution in [2.75, 3.05) is 0 Å². The van der Waals surface area contributed by atoms with E-state index < -0.39 is 0 Å². The van der Waals surface area contributed by atoms with E-state index in [1.807, 2.05) is 6.07 Å². The van der Waals surface area contributed by atoms with Gasteiger partial charge in [0, 0.05) is 22.4 Å². The predicted molar refractivity (Wildman–Crippen MR) is 77.0 cm³/mol. The number of fused-ring (bicyclic) bond motifs is 1. The summed E-state index contributed by atoms with van der Waals surface area (Å²) in [7, 11) is 0. The Morgan fingerprint density at radius 2 is 1.83 bits per heavy atom. The second kappa shape index (κ2) is 4.53. The maximum Gasteiger partial charge on any atom is 0.140 e. The number of halogens is 3. The average Bonchev–Trinajstić information content (AvgIpc) is 2.73. The SMILES string of the molecule is Clc1cc2nc(-c3cncc(Br)c3)[nH]c2cc1Cl. The van der Waals surface area contributed by atoms with Crippen LogP contribution in [0.3, 0.4) is 0 Å². The fraction of sp³-hybridized carbons (Fsp3) is 0. The summed E-state index contributed by atoms with van der Waals surface area (Å²) in [5, 5.41) is 1.00. The Morgan fingerprint density at radius 3 is 2.61 bits per heavy atom. The number of imidazole rings is 1. The summed E-state index contributed by atoms with van der Waals surface area (Å²) in [4.78, 5) is 11.8. The van der Waals surface area contributed by atoms with Gasteiger partial charge in [0.1, 0.15) is 5.82 Å². The van der Waals surface area contributed by atoms with Crippen LogP contribution in [-0.4, -0.2) is 15.0 Å². The van der Waals surface area contributed by atoms with E-state index in [-0.39, 0.29) is 0 Å². The largest absolute Gasteiger partial charge is 0.338 e. The van der Waals surface area contributed by atoms with Crippen LogP contribution in [0, 0.1) is 0 Å². The summed E-state index contributed by atoms with van der Waals surface area (Å²) < 4.78 is 0.900. The van der Waals surface area contributed by atoms with Crippen LogP contribution in [0.4, 0.5) is 0 Å². The van der Waals surface area contributed by atoms with E-state index in [4.69, 9.17) is 23.2 Å². The van der Waals surface area contributed by atoms with Crippen LogP contribution in [0.5, 0.6) is 0 Å². The predicted octanol–water partition coefficient (Wildman–Crippen LogP) is 4.69. The summed E-state index contributed by atoms with van der Waals surface area (Å²) in [6, 6.07) is 5.44. The minimum absolute atomic E-state index is 0.495. The fourth-order valence-electron chi connectivity index (χ4n) is 1.68. The molecule has 0 atom stereocenters. The molecule has 0 unspecified atom stereocenters. The second-order valence-electron chi connectivity index (χ2n) is 3.76. The highest BCUT2D eigenvalue weighted by Crippen LogP contribution is 2.29. The first-order valence-electron chi connectivity index (χ1n) is 5.09. The summed E-state index contributed by atoms with van der Waals surface area (Å²) >= 11 is 15.3. The third-order valence-electron chi connectivity index (χ3n) is 2.50. The lowest BCUT2D eigenvalue weighted by Gasteiger charge is -1.95. The lowest BCUT2D eigenvalue weighted by molar-refractivity contribution is 1.26. The molecule has 1 N–H and O–H groups in total. The Bertz CT molecular complexity index is 700. The molecule has 0 amide bonds. The van der Waals surface area contributed by atoms with Crippen molar-refractivity contribution in [1.29, 1.82) is 0 Å². The molecule has 3 aromatic rings. The van der Waals surface area contributed by atoms with Gasteiger partial charge in [0.05, 0.1) is 21.1 Å². The summed E-state index contributed by atoms with van der Waals surface area (Å²) in [5.74, 6) is 0.733. The van der Waals surface area contributed by atoms with Gasteiger partial charge >= 0.3 is 0 Å². The monoisotopic (exact) mass is 341 g/mol. The van der Waals surface area contributed by atoms with Gasteiger partial charge in [0.25, 0.3) is 0 Å². The molecular weight excluding hydrogens is 337 g/mol. The van der Waals surface area contributed by atoms with Crippen molar-refractivity contribution >= 4 is 50.2 Å². The van der Waals surface area contributed by atoms with Crippen molar-refractivity contribution in [2.45, 2.75) is 0 Å². The van der Waals surface area contributed by atoms with Crippen LogP contribution in [0.15, 0.2) is 35.1 Å². The molecule has 6 heteroatoms. The van der Waals surface area contributed by atoms with Gasteiger partial charge in [-0.2, -0.15) is 0 Å². The number of aromatic amines is 1. The van der Waals surface area contributed by atoms with Crippen molar-refractivity contribution < 1.29 is 0 Å². The van der Waals surface area contributed by atoms with Gasteiger partial charge in [-0.1, -0.05) is 23.2 Å². The number of hydrogen-bond acceptors (Lipinski definition) is 2. The zero-order valence-corrected chi connectivity index (χ0v) is 12.0.